The molecule has 1 aromatic rings. The fourth-order valence-electron chi connectivity index (χ4n) is 2.06. The molecule has 4 heteroatoms. The van der Waals surface area contributed by atoms with E-state index in [4.69, 9.17) is 4.74 Å². The van der Waals surface area contributed by atoms with Crippen molar-refractivity contribution in [3.05, 3.63) is 18.2 Å². The van der Waals surface area contributed by atoms with Gasteiger partial charge in [-0.3, -0.25) is 0 Å². The molecule has 0 aliphatic carbocycles. The lowest BCUT2D eigenvalue weighted by Crippen LogP contribution is -2.31. The van der Waals surface area contributed by atoms with Gasteiger partial charge in [0.2, 0.25) is 0 Å². The molecule has 1 unspecified atom stereocenters. The average Bonchev–Trinajstić information content (AvgIpc) is 2.76. The quantitative estimate of drug-likeness (QED) is 0.734. The third-order valence-electron chi connectivity index (χ3n) is 2.91. The van der Waals surface area contributed by atoms with E-state index in [1.165, 1.54) is 0 Å². The van der Waals surface area contributed by atoms with Gasteiger partial charge in [0.1, 0.15) is 5.82 Å². The van der Waals surface area contributed by atoms with E-state index in [2.05, 4.69) is 41.8 Å². The predicted octanol–water partition coefficient (Wildman–Crippen LogP) is 2.27. The molecule has 104 valence electrons. The van der Waals surface area contributed by atoms with Gasteiger partial charge in [0.25, 0.3) is 0 Å². The summed E-state index contributed by atoms with van der Waals surface area (Å²) in [5.41, 5.74) is 0. The molecule has 1 aromatic heterocycles. The molecule has 0 spiro atoms. The van der Waals surface area contributed by atoms with Crippen LogP contribution in [0.5, 0.6) is 0 Å². The smallest absolute Gasteiger partial charge is 0.108 e. The minimum absolute atomic E-state index is 0.331. The standard InChI is InChI=1S/C14H27N3O/c1-5-6-14-16-7-8-17(14)13(11-18-4)10-15-9-12(2)3/h7-8,12-13,15H,5-6,9-11H2,1-4H3. The third-order valence-corrected chi connectivity index (χ3v) is 2.91. The van der Waals surface area contributed by atoms with Crippen LogP contribution in [0.1, 0.15) is 39.1 Å². The molecular formula is C14H27N3O. The van der Waals surface area contributed by atoms with E-state index in [0.717, 1.165) is 38.4 Å². The van der Waals surface area contributed by atoms with Crippen LogP contribution in [0, 0.1) is 5.92 Å². The average molecular weight is 253 g/mol. The lowest BCUT2D eigenvalue weighted by atomic mass is 10.2. The fraction of sp³-hybridized carbons (Fsp3) is 0.786. The molecular weight excluding hydrogens is 226 g/mol. The SMILES string of the molecule is CCCc1nccn1C(CNCC(C)C)COC. The van der Waals surface area contributed by atoms with Crippen molar-refractivity contribution in [1.82, 2.24) is 14.9 Å². The molecule has 18 heavy (non-hydrogen) atoms. The summed E-state index contributed by atoms with van der Waals surface area (Å²) in [6.07, 6.45) is 6.09. The van der Waals surface area contributed by atoms with Crippen molar-refractivity contribution in [3.63, 3.8) is 0 Å². The Morgan fingerprint density at radius 1 is 1.39 bits per heavy atom. The van der Waals surface area contributed by atoms with Gasteiger partial charge < -0.3 is 14.6 Å². The van der Waals surface area contributed by atoms with E-state index in [9.17, 15) is 0 Å². The first-order valence-electron chi connectivity index (χ1n) is 6.90. The zero-order chi connectivity index (χ0) is 13.4. The fourth-order valence-corrected chi connectivity index (χ4v) is 2.06. The van der Waals surface area contributed by atoms with Crippen LogP contribution in [0.25, 0.3) is 0 Å². The van der Waals surface area contributed by atoms with Gasteiger partial charge in [0, 0.05) is 32.5 Å². The van der Waals surface area contributed by atoms with E-state index in [-0.39, 0.29) is 0 Å². The Labute approximate surface area is 111 Å². The lowest BCUT2D eigenvalue weighted by molar-refractivity contribution is 0.152. The highest BCUT2D eigenvalue weighted by atomic mass is 16.5. The van der Waals surface area contributed by atoms with Crippen LogP contribution < -0.4 is 5.32 Å². The molecule has 1 rings (SSSR count). The topological polar surface area (TPSA) is 39.1 Å². The summed E-state index contributed by atoms with van der Waals surface area (Å²) in [5, 5.41) is 3.50. The number of nitrogens with one attached hydrogen (secondary N) is 1. The molecule has 1 atom stereocenters. The molecule has 0 fully saturated rings. The largest absolute Gasteiger partial charge is 0.382 e. The summed E-state index contributed by atoms with van der Waals surface area (Å²) in [6.45, 7) is 9.31. The summed E-state index contributed by atoms with van der Waals surface area (Å²) in [7, 11) is 1.76. The van der Waals surface area contributed by atoms with Gasteiger partial charge >= 0.3 is 0 Å². The predicted molar refractivity (Wildman–Crippen MR) is 74.8 cm³/mol. The number of ether oxygens (including phenoxy) is 1. The second-order valence-electron chi connectivity index (χ2n) is 5.16. The molecule has 1 heterocycles. The molecule has 0 aromatic carbocycles. The highest BCUT2D eigenvalue weighted by Crippen LogP contribution is 2.11. The summed E-state index contributed by atoms with van der Waals surface area (Å²) in [5.74, 6) is 1.83. The zero-order valence-electron chi connectivity index (χ0n) is 12.1. The first-order valence-corrected chi connectivity index (χ1v) is 6.90. The van der Waals surface area contributed by atoms with Gasteiger partial charge in [0.05, 0.1) is 12.6 Å². The van der Waals surface area contributed by atoms with Crippen LogP contribution in [-0.4, -0.2) is 36.4 Å². The maximum absolute atomic E-state index is 5.33. The summed E-state index contributed by atoms with van der Waals surface area (Å²) in [6, 6.07) is 0.331. The molecule has 1 N–H and O–H groups in total. The van der Waals surface area contributed by atoms with Crippen LogP contribution in [-0.2, 0) is 11.2 Å². The molecule has 0 aliphatic heterocycles. The van der Waals surface area contributed by atoms with E-state index < -0.39 is 0 Å². The van der Waals surface area contributed by atoms with E-state index in [0.29, 0.717) is 12.0 Å². The van der Waals surface area contributed by atoms with E-state index in [1.54, 1.807) is 7.11 Å². The number of aromatic nitrogens is 2. The van der Waals surface area contributed by atoms with E-state index in [1.807, 2.05) is 6.20 Å². The van der Waals surface area contributed by atoms with Crippen LogP contribution in [0.2, 0.25) is 0 Å². The lowest BCUT2D eigenvalue weighted by Gasteiger charge is -2.21. The minimum Gasteiger partial charge on any atom is -0.382 e. The van der Waals surface area contributed by atoms with Crippen molar-refractivity contribution in [2.75, 3.05) is 26.8 Å². The molecule has 4 nitrogen and oxygen atoms in total. The normalized spacial score (nSPS) is 13.2. The number of hydrogen-bond acceptors (Lipinski definition) is 3. The number of rotatable bonds is 9. The van der Waals surface area contributed by atoms with Crippen LogP contribution in [0.4, 0.5) is 0 Å². The van der Waals surface area contributed by atoms with Gasteiger partial charge in [0.15, 0.2) is 0 Å². The second kappa shape index (κ2) is 8.27. The molecule has 0 amide bonds. The monoisotopic (exact) mass is 253 g/mol. The molecule has 0 saturated carbocycles. The number of imidazole rings is 1. The van der Waals surface area contributed by atoms with Gasteiger partial charge in [-0.2, -0.15) is 0 Å². The van der Waals surface area contributed by atoms with Crippen LogP contribution in [0.3, 0.4) is 0 Å². The molecule has 0 bridgehead atoms. The Kier molecular flexibility index (Phi) is 6.98. The Balaban J connectivity index is 2.61. The van der Waals surface area contributed by atoms with E-state index >= 15 is 0 Å². The van der Waals surface area contributed by atoms with Crippen molar-refractivity contribution in [2.45, 2.75) is 39.7 Å². The van der Waals surface area contributed by atoms with Crippen LogP contribution in [0.15, 0.2) is 12.4 Å². The summed E-state index contributed by atoms with van der Waals surface area (Å²) < 4.78 is 7.58. The summed E-state index contributed by atoms with van der Waals surface area (Å²) >= 11 is 0. The van der Waals surface area contributed by atoms with Gasteiger partial charge in [-0.25, -0.2) is 4.98 Å². The molecule has 0 aliphatic rings. The number of aryl methyl sites for hydroxylation is 1. The Bertz CT molecular complexity index is 323. The van der Waals surface area contributed by atoms with Crippen molar-refractivity contribution in [2.24, 2.45) is 5.92 Å². The molecule has 0 saturated heterocycles. The number of nitrogens with zero attached hydrogens (tertiary/aromatic N) is 2. The van der Waals surface area contributed by atoms with Crippen molar-refractivity contribution < 1.29 is 4.74 Å². The second-order valence-corrected chi connectivity index (χ2v) is 5.16. The van der Waals surface area contributed by atoms with Crippen molar-refractivity contribution in [3.8, 4) is 0 Å². The highest BCUT2D eigenvalue weighted by Gasteiger charge is 2.14. The maximum atomic E-state index is 5.33. The van der Waals surface area contributed by atoms with Gasteiger partial charge in [-0.1, -0.05) is 20.8 Å². The highest BCUT2D eigenvalue weighted by molar-refractivity contribution is 4.96. The van der Waals surface area contributed by atoms with Gasteiger partial charge in [-0.15, -0.1) is 0 Å². The summed E-state index contributed by atoms with van der Waals surface area (Å²) in [4.78, 5) is 4.43. The van der Waals surface area contributed by atoms with Crippen molar-refractivity contribution in [1.29, 1.82) is 0 Å². The van der Waals surface area contributed by atoms with Crippen LogP contribution >= 0.6 is 0 Å². The minimum atomic E-state index is 0.331. The Morgan fingerprint density at radius 2 is 2.17 bits per heavy atom. The molecule has 0 radical (unpaired) electrons. The van der Waals surface area contributed by atoms with Crippen molar-refractivity contribution >= 4 is 0 Å². The number of methoxy groups -OCH3 is 1. The third kappa shape index (κ3) is 4.78. The first-order chi connectivity index (χ1) is 8.69. The zero-order valence-corrected chi connectivity index (χ0v) is 12.1. The Morgan fingerprint density at radius 3 is 2.78 bits per heavy atom. The Hall–Kier alpha value is -0.870. The van der Waals surface area contributed by atoms with Gasteiger partial charge in [-0.05, 0) is 18.9 Å². The maximum Gasteiger partial charge on any atom is 0.108 e. The number of hydrogen-bond donors (Lipinski definition) is 1. The first kappa shape index (κ1) is 15.2.